The molecule has 0 saturated carbocycles. The van der Waals surface area contributed by atoms with Gasteiger partial charge in [-0.25, -0.2) is 13.6 Å². The lowest BCUT2D eigenvalue weighted by Crippen LogP contribution is -2.29. The van der Waals surface area contributed by atoms with Crippen LogP contribution in [0.4, 0.5) is 14.5 Å². The summed E-state index contributed by atoms with van der Waals surface area (Å²) in [6, 6.07) is 9.00. The first-order valence-electron chi connectivity index (χ1n) is 7.25. The van der Waals surface area contributed by atoms with Crippen molar-refractivity contribution in [1.29, 1.82) is 0 Å². The SMILES string of the molecule is C[C@H](OC(=O)/C=C/c1ccc(F)cc1)C(=O)Nc1ccc(F)cc1Cl. The van der Waals surface area contributed by atoms with E-state index in [-0.39, 0.29) is 16.5 Å². The molecule has 0 spiro atoms. The highest BCUT2D eigenvalue weighted by atomic mass is 35.5. The third kappa shape index (κ3) is 5.69. The average Bonchev–Trinajstić information content (AvgIpc) is 2.56. The Morgan fingerprint density at radius 1 is 1.12 bits per heavy atom. The zero-order valence-electron chi connectivity index (χ0n) is 13.1. The Kier molecular flexibility index (Phi) is 6.25. The molecular weight excluding hydrogens is 352 g/mol. The molecule has 2 aromatic carbocycles. The Hall–Kier alpha value is -2.73. The summed E-state index contributed by atoms with van der Waals surface area (Å²) in [6.07, 6.45) is 1.47. The second-order valence-corrected chi connectivity index (χ2v) is 5.48. The Morgan fingerprint density at radius 2 is 1.76 bits per heavy atom. The molecule has 0 fully saturated rings. The second kappa shape index (κ2) is 8.39. The topological polar surface area (TPSA) is 55.4 Å². The highest BCUT2D eigenvalue weighted by Gasteiger charge is 2.17. The number of anilines is 1. The fourth-order valence-corrected chi connectivity index (χ4v) is 2.04. The van der Waals surface area contributed by atoms with Crippen molar-refractivity contribution in [2.24, 2.45) is 0 Å². The van der Waals surface area contributed by atoms with Crippen molar-refractivity contribution in [1.82, 2.24) is 0 Å². The van der Waals surface area contributed by atoms with E-state index in [1.54, 1.807) is 0 Å². The predicted octanol–water partition coefficient (Wildman–Crippen LogP) is 4.20. The molecule has 25 heavy (non-hydrogen) atoms. The zero-order valence-corrected chi connectivity index (χ0v) is 13.9. The molecule has 0 aliphatic carbocycles. The first kappa shape index (κ1) is 18.6. The lowest BCUT2D eigenvalue weighted by Gasteiger charge is -2.13. The maximum atomic E-state index is 13.0. The maximum absolute atomic E-state index is 13.0. The zero-order chi connectivity index (χ0) is 18.4. The number of carbonyl (C=O) groups excluding carboxylic acids is 2. The molecule has 2 aromatic rings. The second-order valence-electron chi connectivity index (χ2n) is 5.08. The number of benzene rings is 2. The van der Waals surface area contributed by atoms with Crippen LogP contribution >= 0.6 is 11.6 Å². The molecule has 0 aliphatic rings. The molecule has 1 atom stereocenters. The quantitative estimate of drug-likeness (QED) is 0.638. The van der Waals surface area contributed by atoms with Crippen molar-refractivity contribution in [3.05, 3.63) is 70.8 Å². The number of hydrogen-bond donors (Lipinski definition) is 1. The summed E-state index contributed by atoms with van der Waals surface area (Å²) in [5.74, 6) is -2.27. The van der Waals surface area contributed by atoms with Crippen molar-refractivity contribution in [2.75, 3.05) is 5.32 Å². The van der Waals surface area contributed by atoms with E-state index in [9.17, 15) is 18.4 Å². The summed E-state index contributed by atoms with van der Waals surface area (Å²) in [5.41, 5.74) is 0.811. The standard InChI is InChI=1S/C18H14ClF2NO3/c1-11(18(24)22-16-8-7-14(21)10-15(16)19)25-17(23)9-4-12-2-5-13(20)6-3-12/h2-11H,1H3,(H,22,24)/b9-4+/t11-/m0/s1. The Morgan fingerprint density at radius 3 is 2.40 bits per heavy atom. The van der Waals surface area contributed by atoms with Crippen LogP contribution in [0.1, 0.15) is 12.5 Å². The van der Waals surface area contributed by atoms with Gasteiger partial charge in [0.25, 0.3) is 5.91 Å². The Bertz CT molecular complexity index is 806. The number of esters is 1. The molecule has 2 rings (SSSR count). The van der Waals surface area contributed by atoms with Crippen molar-refractivity contribution < 1.29 is 23.1 Å². The molecule has 1 amide bonds. The summed E-state index contributed by atoms with van der Waals surface area (Å²) in [6.45, 7) is 1.39. The van der Waals surface area contributed by atoms with E-state index < -0.39 is 23.8 Å². The fourth-order valence-electron chi connectivity index (χ4n) is 1.83. The van der Waals surface area contributed by atoms with Gasteiger partial charge in [0.05, 0.1) is 10.7 Å². The van der Waals surface area contributed by atoms with Gasteiger partial charge in [-0.15, -0.1) is 0 Å². The third-order valence-corrected chi connectivity index (χ3v) is 3.45. The van der Waals surface area contributed by atoms with Gasteiger partial charge >= 0.3 is 5.97 Å². The van der Waals surface area contributed by atoms with Crippen molar-refractivity contribution in [2.45, 2.75) is 13.0 Å². The molecule has 7 heteroatoms. The average molecular weight is 366 g/mol. The van der Waals surface area contributed by atoms with Crippen LogP contribution < -0.4 is 5.32 Å². The van der Waals surface area contributed by atoms with Crippen LogP contribution in [0, 0.1) is 11.6 Å². The minimum atomic E-state index is -1.09. The highest BCUT2D eigenvalue weighted by Crippen LogP contribution is 2.22. The van der Waals surface area contributed by atoms with Gasteiger partial charge in [0.2, 0.25) is 0 Å². The van der Waals surface area contributed by atoms with E-state index >= 15 is 0 Å². The predicted molar refractivity (Wildman–Crippen MR) is 91.0 cm³/mol. The summed E-state index contributed by atoms with van der Waals surface area (Å²) in [7, 11) is 0. The fraction of sp³-hybridized carbons (Fsp3) is 0.111. The summed E-state index contributed by atoms with van der Waals surface area (Å²) < 4.78 is 30.7. The van der Waals surface area contributed by atoms with Crippen LogP contribution in [0.5, 0.6) is 0 Å². The normalized spacial score (nSPS) is 12.0. The van der Waals surface area contributed by atoms with E-state index in [0.29, 0.717) is 5.56 Å². The molecule has 0 heterocycles. The molecule has 1 N–H and O–H groups in total. The van der Waals surface area contributed by atoms with Crippen LogP contribution in [-0.2, 0) is 14.3 Å². The van der Waals surface area contributed by atoms with Crippen molar-refractivity contribution >= 4 is 35.2 Å². The number of carbonyl (C=O) groups is 2. The third-order valence-electron chi connectivity index (χ3n) is 3.13. The van der Waals surface area contributed by atoms with E-state index in [1.807, 2.05) is 0 Å². The van der Waals surface area contributed by atoms with E-state index in [4.69, 9.17) is 16.3 Å². The van der Waals surface area contributed by atoms with Crippen LogP contribution in [-0.4, -0.2) is 18.0 Å². The molecule has 4 nitrogen and oxygen atoms in total. The van der Waals surface area contributed by atoms with Crippen LogP contribution in [0.25, 0.3) is 6.08 Å². The van der Waals surface area contributed by atoms with Crippen LogP contribution in [0.3, 0.4) is 0 Å². The number of ether oxygens (including phenoxy) is 1. The van der Waals surface area contributed by atoms with Crippen molar-refractivity contribution in [3.8, 4) is 0 Å². The maximum Gasteiger partial charge on any atom is 0.331 e. The lowest BCUT2D eigenvalue weighted by molar-refractivity contribution is -0.148. The first-order chi connectivity index (χ1) is 11.8. The van der Waals surface area contributed by atoms with Crippen molar-refractivity contribution in [3.63, 3.8) is 0 Å². The molecule has 0 saturated heterocycles. The molecule has 0 radical (unpaired) electrons. The van der Waals surface area contributed by atoms with Gasteiger partial charge in [-0.1, -0.05) is 23.7 Å². The van der Waals surface area contributed by atoms with Crippen LogP contribution in [0.15, 0.2) is 48.5 Å². The Labute approximate surface area is 148 Å². The molecule has 130 valence electrons. The van der Waals surface area contributed by atoms with Gasteiger partial charge in [-0.05, 0) is 48.9 Å². The van der Waals surface area contributed by atoms with E-state index in [2.05, 4.69) is 5.32 Å². The summed E-state index contributed by atoms with van der Waals surface area (Å²) in [4.78, 5) is 23.7. The van der Waals surface area contributed by atoms with Gasteiger partial charge in [-0.2, -0.15) is 0 Å². The smallest absolute Gasteiger partial charge is 0.331 e. The van der Waals surface area contributed by atoms with Gasteiger partial charge < -0.3 is 10.1 Å². The van der Waals surface area contributed by atoms with Crippen LogP contribution in [0.2, 0.25) is 5.02 Å². The minimum Gasteiger partial charge on any atom is -0.449 e. The largest absolute Gasteiger partial charge is 0.449 e. The first-order valence-corrected chi connectivity index (χ1v) is 7.63. The summed E-state index contributed by atoms with van der Waals surface area (Å²) >= 11 is 5.81. The van der Waals surface area contributed by atoms with Gasteiger partial charge in [0.15, 0.2) is 6.10 Å². The number of hydrogen-bond acceptors (Lipinski definition) is 3. The van der Waals surface area contributed by atoms with E-state index in [1.165, 1.54) is 43.3 Å². The highest BCUT2D eigenvalue weighted by molar-refractivity contribution is 6.33. The number of halogens is 3. The number of nitrogens with one attached hydrogen (secondary N) is 1. The lowest BCUT2D eigenvalue weighted by atomic mass is 10.2. The molecule has 0 bridgehead atoms. The molecule has 0 unspecified atom stereocenters. The monoisotopic (exact) mass is 365 g/mol. The minimum absolute atomic E-state index is 0.0306. The Balaban J connectivity index is 1.91. The molecule has 0 aromatic heterocycles. The molecule has 0 aliphatic heterocycles. The number of amides is 1. The number of rotatable bonds is 5. The van der Waals surface area contributed by atoms with Gasteiger partial charge in [0.1, 0.15) is 11.6 Å². The molecular formula is C18H14ClF2NO3. The van der Waals surface area contributed by atoms with Gasteiger partial charge in [0, 0.05) is 6.08 Å². The van der Waals surface area contributed by atoms with E-state index in [0.717, 1.165) is 18.2 Å². The van der Waals surface area contributed by atoms with Gasteiger partial charge in [-0.3, -0.25) is 4.79 Å². The summed E-state index contributed by atoms with van der Waals surface area (Å²) in [5, 5.41) is 2.47.